The second-order valence-electron chi connectivity index (χ2n) is 3.74. The molecule has 0 aliphatic rings. The number of aryl methyl sites for hydroxylation is 1. The maximum atomic E-state index is 11.7. The number of esters is 1. The Morgan fingerprint density at radius 3 is 2.67 bits per heavy atom. The molecule has 2 N–H and O–H groups in total. The number of nitrogens with two attached hydrogens (primary N) is 1. The van der Waals surface area contributed by atoms with Crippen molar-refractivity contribution in [3.63, 3.8) is 0 Å². The highest BCUT2D eigenvalue weighted by Gasteiger charge is 2.16. The van der Waals surface area contributed by atoms with E-state index in [1.807, 2.05) is 6.07 Å². The second kappa shape index (κ2) is 5.54. The fourth-order valence-corrected chi connectivity index (χ4v) is 3.59. The van der Waals surface area contributed by atoms with Gasteiger partial charge >= 0.3 is 5.97 Å². The molecule has 0 bridgehead atoms. The normalized spacial score (nSPS) is 10.6. The molecule has 96 valence electrons. The number of rotatable bonds is 4. The number of hydrogen-bond donors (Lipinski definition) is 1. The van der Waals surface area contributed by atoms with Crippen molar-refractivity contribution in [3.8, 4) is 9.75 Å². The van der Waals surface area contributed by atoms with Crippen molar-refractivity contribution in [2.45, 2.75) is 20.3 Å². The SMILES string of the molecule is CCOC(=O)c1sc(-c2ccc(CC)s2)cc1N. The molecule has 2 rings (SSSR count). The fourth-order valence-electron chi connectivity index (χ4n) is 1.58. The van der Waals surface area contributed by atoms with E-state index in [4.69, 9.17) is 10.5 Å². The van der Waals surface area contributed by atoms with Crippen LogP contribution in [0.3, 0.4) is 0 Å². The summed E-state index contributed by atoms with van der Waals surface area (Å²) in [5, 5.41) is 0. The number of ether oxygens (including phenoxy) is 1. The van der Waals surface area contributed by atoms with Gasteiger partial charge in [-0.05, 0) is 31.5 Å². The van der Waals surface area contributed by atoms with E-state index in [-0.39, 0.29) is 5.97 Å². The first-order chi connectivity index (χ1) is 8.65. The Morgan fingerprint density at radius 1 is 1.28 bits per heavy atom. The zero-order valence-corrected chi connectivity index (χ0v) is 12.0. The van der Waals surface area contributed by atoms with Crippen molar-refractivity contribution in [2.24, 2.45) is 0 Å². The van der Waals surface area contributed by atoms with E-state index in [9.17, 15) is 4.79 Å². The van der Waals surface area contributed by atoms with Crippen LogP contribution in [-0.4, -0.2) is 12.6 Å². The minimum atomic E-state index is -0.335. The van der Waals surface area contributed by atoms with Crippen LogP contribution in [0.25, 0.3) is 9.75 Å². The van der Waals surface area contributed by atoms with Crippen LogP contribution in [0.2, 0.25) is 0 Å². The van der Waals surface area contributed by atoms with E-state index in [0.717, 1.165) is 16.2 Å². The van der Waals surface area contributed by atoms with Crippen LogP contribution >= 0.6 is 22.7 Å². The van der Waals surface area contributed by atoms with Crippen LogP contribution in [0.5, 0.6) is 0 Å². The Labute approximate surface area is 114 Å². The van der Waals surface area contributed by atoms with Crippen molar-refractivity contribution in [3.05, 3.63) is 28.0 Å². The van der Waals surface area contributed by atoms with E-state index in [2.05, 4.69) is 19.1 Å². The number of carbonyl (C=O) groups is 1. The van der Waals surface area contributed by atoms with Crippen molar-refractivity contribution in [2.75, 3.05) is 12.3 Å². The molecule has 0 saturated carbocycles. The Morgan fingerprint density at radius 2 is 2.06 bits per heavy atom. The van der Waals surface area contributed by atoms with Crippen molar-refractivity contribution < 1.29 is 9.53 Å². The molecule has 0 aliphatic carbocycles. The molecule has 2 aromatic heterocycles. The number of nitrogen functional groups attached to an aromatic ring is 1. The lowest BCUT2D eigenvalue weighted by Crippen LogP contribution is -2.04. The lowest BCUT2D eigenvalue weighted by molar-refractivity contribution is 0.0533. The van der Waals surface area contributed by atoms with Crippen molar-refractivity contribution >= 4 is 34.3 Å². The standard InChI is InChI=1S/C13H15NO2S2/c1-3-8-5-6-10(17-8)11-7-9(14)12(18-11)13(15)16-4-2/h5-7H,3-4,14H2,1-2H3. The van der Waals surface area contributed by atoms with Crippen LogP contribution in [0.1, 0.15) is 28.4 Å². The van der Waals surface area contributed by atoms with Crippen LogP contribution in [0.4, 0.5) is 5.69 Å². The Kier molecular flexibility index (Phi) is 4.04. The molecule has 0 spiro atoms. The second-order valence-corrected chi connectivity index (χ2v) is 5.96. The van der Waals surface area contributed by atoms with Gasteiger partial charge in [0.2, 0.25) is 0 Å². The number of hydrogen-bond acceptors (Lipinski definition) is 5. The fraction of sp³-hybridized carbons (Fsp3) is 0.308. The van der Waals surface area contributed by atoms with Gasteiger partial charge in [-0.25, -0.2) is 4.79 Å². The molecule has 0 amide bonds. The quantitative estimate of drug-likeness (QED) is 0.867. The summed E-state index contributed by atoms with van der Waals surface area (Å²) in [6, 6.07) is 6.03. The summed E-state index contributed by atoms with van der Waals surface area (Å²) >= 11 is 3.13. The highest BCUT2D eigenvalue weighted by Crippen LogP contribution is 2.37. The van der Waals surface area contributed by atoms with E-state index in [1.165, 1.54) is 16.2 Å². The summed E-state index contributed by atoms with van der Waals surface area (Å²) in [5.74, 6) is -0.335. The number of thiophene rings is 2. The predicted octanol–water partition coefficient (Wildman–Crippen LogP) is 3.80. The molecule has 2 heterocycles. The van der Waals surface area contributed by atoms with Crippen LogP contribution in [-0.2, 0) is 11.2 Å². The van der Waals surface area contributed by atoms with Gasteiger partial charge in [-0.3, -0.25) is 0 Å². The lowest BCUT2D eigenvalue weighted by atomic mass is 10.3. The monoisotopic (exact) mass is 281 g/mol. The van der Waals surface area contributed by atoms with Gasteiger partial charge in [0, 0.05) is 14.6 Å². The first kappa shape index (κ1) is 13.1. The molecule has 0 fully saturated rings. The van der Waals surface area contributed by atoms with Gasteiger partial charge in [-0.15, -0.1) is 22.7 Å². The Balaban J connectivity index is 2.30. The van der Waals surface area contributed by atoms with Gasteiger partial charge in [0.1, 0.15) is 4.88 Å². The lowest BCUT2D eigenvalue weighted by Gasteiger charge is -1.98. The van der Waals surface area contributed by atoms with Gasteiger partial charge in [-0.1, -0.05) is 6.92 Å². The molecule has 0 radical (unpaired) electrons. The minimum absolute atomic E-state index is 0.335. The predicted molar refractivity (Wildman–Crippen MR) is 77.4 cm³/mol. The molecule has 3 nitrogen and oxygen atoms in total. The first-order valence-electron chi connectivity index (χ1n) is 5.81. The zero-order valence-electron chi connectivity index (χ0n) is 10.4. The Hall–Kier alpha value is -1.33. The molecule has 0 saturated heterocycles. The molecule has 0 aromatic carbocycles. The number of anilines is 1. The summed E-state index contributed by atoms with van der Waals surface area (Å²) in [7, 11) is 0. The Bertz CT molecular complexity index is 557. The average Bonchev–Trinajstić information content (AvgIpc) is 2.95. The summed E-state index contributed by atoms with van der Waals surface area (Å²) in [6.45, 7) is 4.28. The van der Waals surface area contributed by atoms with Gasteiger partial charge in [0.15, 0.2) is 0 Å². The molecule has 2 aromatic rings. The average molecular weight is 281 g/mol. The summed E-state index contributed by atoms with van der Waals surface area (Å²) in [6.07, 6.45) is 1.02. The smallest absolute Gasteiger partial charge is 0.350 e. The summed E-state index contributed by atoms with van der Waals surface area (Å²) in [4.78, 5) is 15.7. The molecule has 18 heavy (non-hydrogen) atoms. The third-order valence-corrected chi connectivity index (χ3v) is 5.03. The summed E-state index contributed by atoms with van der Waals surface area (Å²) in [5.41, 5.74) is 6.36. The zero-order chi connectivity index (χ0) is 13.1. The van der Waals surface area contributed by atoms with Crippen molar-refractivity contribution in [1.82, 2.24) is 0 Å². The van der Waals surface area contributed by atoms with E-state index in [0.29, 0.717) is 17.2 Å². The third-order valence-electron chi connectivity index (χ3n) is 2.47. The number of carbonyl (C=O) groups excluding carboxylic acids is 1. The highest BCUT2D eigenvalue weighted by atomic mass is 32.1. The van der Waals surface area contributed by atoms with Gasteiger partial charge < -0.3 is 10.5 Å². The molecule has 0 aliphatic heterocycles. The van der Waals surface area contributed by atoms with Crippen LogP contribution in [0.15, 0.2) is 18.2 Å². The van der Waals surface area contributed by atoms with E-state index >= 15 is 0 Å². The maximum absolute atomic E-state index is 11.7. The van der Waals surface area contributed by atoms with Gasteiger partial charge in [0.25, 0.3) is 0 Å². The van der Waals surface area contributed by atoms with Crippen molar-refractivity contribution in [1.29, 1.82) is 0 Å². The first-order valence-corrected chi connectivity index (χ1v) is 7.44. The van der Waals surface area contributed by atoms with Crippen LogP contribution in [0, 0.1) is 0 Å². The van der Waals surface area contributed by atoms with Crippen LogP contribution < -0.4 is 5.73 Å². The molecule has 0 unspecified atom stereocenters. The largest absolute Gasteiger partial charge is 0.462 e. The molecule has 5 heteroatoms. The summed E-state index contributed by atoms with van der Waals surface area (Å²) < 4.78 is 4.98. The van der Waals surface area contributed by atoms with E-state index < -0.39 is 0 Å². The maximum Gasteiger partial charge on any atom is 0.350 e. The van der Waals surface area contributed by atoms with Gasteiger partial charge in [-0.2, -0.15) is 0 Å². The minimum Gasteiger partial charge on any atom is -0.462 e. The molecule has 0 atom stereocenters. The molecular weight excluding hydrogens is 266 g/mol. The molecular formula is C13H15NO2S2. The third kappa shape index (κ3) is 2.57. The van der Waals surface area contributed by atoms with E-state index in [1.54, 1.807) is 18.3 Å². The van der Waals surface area contributed by atoms with Gasteiger partial charge in [0.05, 0.1) is 12.3 Å². The highest BCUT2D eigenvalue weighted by molar-refractivity contribution is 7.23. The topological polar surface area (TPSA) is 52.3 Å².